The number of nitrogen functional groups attached to an aromatic ring is 1. The van der Waals surface area contributed by atoms with Crippen molar-refractivity contribution in [1.82, 2.24) is 9.78 Å². The Balaban J connectivity index is 2.03. The number of hydrogen-bond donors (Lipinski definition) is 1. The van der Waals surface area contributed by atoms with Crippen LogP contribution in [0.4, 0.5) is 5.82 Å². The molecule has 2 aromatic carbocycles. The van der Waals surface area contributed by atoms with Crippen LogP contribution in [0, 0.1) is 6.92 Å². The first-order chi connectivity index (χ1) is 13.0. The van der Waals surface area contributed by atoms with Crippen LogP contribution in [0.1, 0.15) is 21.5 Å². The lowest BCUT2D eigenvalue weighted by Crippen LogP contribution is -2.08. The minimum Gasteiger partial charge on any atom is -0.493 e. The number of aryl methyl sites for hydroxylation is 1. The van der Waals surface area contributed by atoms with Crippen LogP contribution in [0.15, 0.2) is 42.6 Å². The van der Waals surface area contributed by atoms with Crippen LogP contribution in [0.5, 0.6) is 17.2 Å². The van der Waals surface area contributed by atoms with Gasteiger partial charge < -0.3 is 19.9 Å². The van der Waals surface area contributed by atoms with Crippen LogP contribution in [0.3, 0.4) is 0 Å². The monoisotopic (exact) mass is 367 g/mol. The van der Waals surface area contributed by atoms with Gasteiger partial charge in [0.2, 0.25) is 5.75 Å². The van der Waals surface area contributed by atoms with Crippen molar-refractivity contribution in [2.24, 2.45) is 0 Å². The molecule has 2 N–H and O–H groups in total. The molecule has 1 heterocycles. The van der Waals surface area contributed by atoms with Crippen molar-refractivity contribution >= 4 is 11.6 Å². The Hall–Kier alpha value is -3.48. The number of hydrogen-bond acceptors (Lipinski definition) is 6. The summed E-state index contributed by atoms with van der Waals surface area (Å²) in [6, 6.07) is 10.9. The number of aromatic nitrogens is 2. The van der Waals surface area contributed by atoms with Crippen LogP contribution >= 0.6 is 0 Å². The number of ketones is 1. The first kappa shape index (κ1) is 18.3. The highest BCUT2D eigenvalue weighted by Gasteiger charge is 2.22. The number of methoxy groups -OCH3 is 3. The molecule has 0 aliphatic carbocycles. The Labute approximate surface area is 157 Å². The molecule has 140 valence electrons. The summed E-state index contributed by atoms with van der Waals surface area (Å²) in [6.45, 7) is 2.00. The lowest BCUT2D eigenvalue weighted by molar-refractivity contribution is 0.103. The average molecular weight is 367 g/mol. The van der Waals surface area contributed by atoms with Gasteiger partial charge in [0.05, 0.1) is 38.8 Å². The quantitative estimate of drug-likeness (QED) is 0.674. The summed E-state index contributed by atoms with van der Waals surface area (Å²) in [6.07, 6.45) is 1.46. The van der Waals surface area contributed by atoms with E-state index < -0.39 is 0 Å². The number of carbonyl (C=O) groups excluding carboxylic acids is 1. The third-order valence-corrected chi connectivity index (χ3v) is 4.26. The van der Waals surface area contributed by atoms with Crippen molar-refractivity contribution in [3.05, 3.63) is 59.3 Å². The SMILES string of the molecule is COc1cc(C(=O)c2cnn(-c3ccc(C)cc3)c2N)cc(OC)c1OC. The van der Waals surface area contributed by atoms with Gasteiger partial charge in [-0.1, -0.05) is 17.7 Å². The molecule has 0 radical (unpaired) electrons. The van der Waals surface area contributed by atoms with Gasteiger partial charge in [-0.3, -0.25) is 4.79 Å². The Morgan fingerprint density at radius 3 is 2.11 bits per heavy atom. The van der Waals surface area contributed by atoms with Crippen molar-refractivity contribution in [3.8, 4) is 22.9 Å². The highest BCUT2D eigenvalue weighted by atomic mass is 16.5. The number of nitrogens with two attached hydrogens (primary N) is 1. The van der Waals surface area contributed by atoms with E-state index in [0.29, 0.717) is 28.4 Å². The van der Waals surface area contributed by atoms with Crippen LogP contribution in [0.2, 0.25) is 0 Å². The summed E-state index contributed by atoms with van der Waals surface area (Å²) in [4.78, 5) is 13.0. The first-order valence-electron chi connectivity index (χ1n) is 8.25. The van der Waals surface area contributed by atoms with Gasteiger partial charge in [0.1, 0.15) is 5.82 Å². The maximum atomic E-state index is 13.0. The van der Waals surface area contributed by atoms with E-state index in [2.05, 4.69) is 5.10 Å². The van der Waals surface area contributed by atoms with Crippen molar-refractivity contribution in [3.63, 3.8) is 0 Å². The lowest BCUT2D eigenvalue weighted by atomic mass is 10.0. The van der Waals surface area contributed by atoms with Gasteiger partial charge in [-0.15, -0.1) is 0 Å². The molecule has 0 saturated heterocycles. The molecule has 0 aliphatic heterocycles. The van der Waals surface area contributed by atoms with Gasteiger partial charge >= 0.3 is 0 Å². The fraction of sp³-hybridized carbons (Fsp3) is 0.200. The third kappa shape index (κ3) is 3.31. The summed E-state index contributed by atoms with van der Waals surface area (Å²) in [7, 11) is 4.50. The summed E-state index contributed by atoms with van der Waals surface area (Å²) >= 11 is 0. The molecule has 3 aromatic rings. The zero-order chi connectivity index (χ0) is 19.6. The second-order valence-electron chi connectivity index (χ2n) is 5.93. The Morgan fingerprint density at radius 1 is 1.00 bits per heavy atom. The van der Waals surface area contributed by atoms with Crippen LogP contribution in [-0.4, -0.2) is 36.9 Å². The summed E-state index contributed by atoms with van der Waals surface area (Å²) in [5.41, 5.74) is 8.76. The summed E-state index contributed by atoms with van der Waals surface area (Å²) in [5, 5.41) is 4.26. The van der Waals surface area contributed by atoms with Crippen molar-refractivity contribution in [2.75, 3.05) is 27.1 Å². The van der Waals surface area contributed by atoms with Crippen LogP contribution < -0.4 is 19.9 Å². The largest absolute Gasteiger partial charge is 0.493 e. The van der Waals surface area contributed by atoms with E-state index >= 15 is 0 Å². The second-order valence-corrected chi connectivity index (χ2v) is 5.93. The van der Waals surface area contributed by atoms with E-state index in [0.717, 1.165) is 11.3 Å². The number of ether oxygens (including phenoxy) is 3. The zero-order valence-electron chi connectivity index (χ0n) is 15.6. The molecule has 0 bridgehead atoms. The summed E-state index contributed by atoms with van der Waals surface area (Å²) in [5.74, 6) is 1.18. The maximum absolute atomic E-state index is 13.0. The number of carbonyl (C=O) groups is 1. The molecule has 0 unspecified atom stereocenters. The zero-order valence-corrected chi connectivity index (χ0v) is 15.6. The number of benzene rings is 2. The molecule has 0 aliphatic rings. The predicted octanol–water partition coefficient (Wildman–Crippen LogP) is 3.02. The fourth-order valence-corrected chi connectivity index (χ4v) is 2.79. The molecule has 0 amide bonds. The van der Waals surface area contributed by atoms with Gasteiger partial charge in [0, 0.05) is 5.56 Å². The third-order valence-electron chi connectivity index (χ3n) is 4.26. The Bertz CT molecular complexity index is 952. The van der Waals surface area contributed by atoms with Gasteiger partial charge in [0.15, 0.2) is 17.3 Å². The van der Waals surface area contributed by atoms with E-state index in [1.165, 1.54) is 32.2 Å². The van der Waals surface area contributed by atoms with E-state index in [1.54, 1.807) is 12.1 Å². The number of anilines is 1. The Morgan fingerprint density at radius 2 is 1.59 bits per heavy atom. The minimum absolute atomic E-state index is 0.262. The average Bonchev–Trinajstić information content (AvgIpc) is 3.08. The molecule has 27 heavy (non-hydrogen) atoms. The van der Waals surface area contributed by atoms with Gasteiger partial charge in [-0.25, -0.2) is 4.68 Å². The fourth-order valence-electron chi connectivity index (χ4n) is 2.79. The van der Waals surface area contributed by atoms with E-state index in [9.17, 15) is 4.79 Å². The summed E-state index contributed by atoms with van der Waals surface area (Å²) < 4.78 is 17.4. The number of nitrogens with zero attached hydrogens (tertiary/aromatic N) is 2. The second kappa shape index (κ2) is 7.41. The molecule has 7 heteroatoms. The van der Waals surface area contributed by atoms with E-state index in [1.807, 2.05) is 31.2 Å². The highest BCUT2D eigenvalue weighted by molar-refractivity contribution is 6.12. The normalized spacial score (nSPS) is 10.5. The smallest absolute Gasteiger partial charge is 0.203 e. The maximum Gasteiger partial charge on any atom is 0.203 e. The van der Waals surface area contributed by atoms with Gasteiger partial charge in [-0.2, -0.15) is 5.10 Å². The lowest BCUT2D eigenvalue weighted by Gasteiger charge is -2.13. The standard InChI is InChI=1S/C20H21N3O4/c1-12-5-7-14(8-6-12)23-20(21)15(11-22-23)18(24)13-9-16(25-2)19(27-4)17(10-13)26-3/h5-11H,21H2,1-4H3. The molecule has 0 atom stereocenters. The molecule has 0 spiro atoms. The Kier molecular flexibility index (Phi) is 5.03. The van der Waals surface area contributed by atoms with Crippen LogP contribution in [-0.2, 0) is 0 Å². The topological polar surface area (TPSA) is 88.6 Å². The van der Waals surface area contributed by atoms with Gasteiger partial charge in [0.25, 0.3) is 0 Å². The number of rotatable bonds is 6. The first-order valence-corrected chi connectivity index (χ1v) is 8.25. The molecule has 0 saturated carbocycles. The molecule has 0 fully saturated rings. The van der Waals surface area contributed by atoms with Crippen LogP contribution in [0.25, 0.3) is 5.69 Å². The minimum atomic E-state index is -0.287. The molecule has 1 aromatic heterocycles. The van der Waals surface area contributed by atoms with Crippen molar-refractivity contribution in [2.45, 2.75) is 6.92 Å². The predicted molar refractivity (Wildman–Crippen MR) is 102 cm³/mol. The molecule has 3 rings (SSSR count). The molecular weight excluding hydrogens is 346 g/mol. The van der Waals surface area contributed by atoms with Crippen molar-refractivity contribution < 1.29 is 19.0 Å². The van der Waals surface area contributed by atoms with Crippen molar-refractivity contribution in [1.29, 1.82) is 0 Å². The van der Waals surface area contributed by atoms with E-state index in [-0.39, 0.29) is 11.6 Å². The van der Waals surface area contributed by atoms with E-state index in [4.69, 9.17) is 19.9 Å². The highest BCUT2D eigenvalue weighted by Crippen LogP contribution is 2.39. The van der Waals surface area contributed by atoms with Gasteiger partial charge in [-0.05, 0) is 31.2 Å². The molecule has 7 nitrogen and oxygen atoms in total. The molecular formula is C20H21N3O4.